The Morgan fingerprint density at radius 1 is 1.24 bits per heavy atom. The Morgan fingerprint density at radius 2 is 1.88 bits per heavy atom. The van der Waals surface area contributed by atoms with Gasteiger partial charge in [-0.25, -0.2) is 0 Å². The maximum absolute atomic E-state index is 12.0. The molecule has 0 unspecified atom stereocenters. The molecule has 4 nitrogen and oxygen atoms in total. The number of carbonyl (C=O) groups is 2. The van der Waals surface area contributed by atoms with Crippen molar-refractivity contribution in [3.05, 3.63) is 29.3 Å². The Morgan fingerprint density at radius 3 is 2.47 bits per heavy atom. The lowest BCUT2D eigenvalue weighted by Crippen LogP contribution is -2.30. The first-order chi connectivity index (χ1) is 7.95. The second kappa shape index (κ2) is 3.95. The van der Waals surface area contributed by atoms with Gasteiger partial charge in [-0.05, 0) is 26.0 Å². The van der Waals surface area contributed by atoms with Crippen LogP contribution in [0.4, 0.5) is 5.69 Å². The monoisotopic (exact) mass is 228 g/mol. The Kier molecular flexibility index (Phi) is 2.73. The summed E-state index contributed by atoms with van der Waals surface area (Å²) in [6.45, 7) is 4.09. The molecule has 0 bridgehead atoms. The van der Waals surface area contributed by atoms with Crippen molar-refractivity contribution in [3.8, 4) is 0 Å². The molecule has 0 aliphatic carbocycles. The number of imide groups is 1. The fourth-order valence-corrected chi connectivity index (χ4v) is 1.96. The molecule has 1 aromatic carbocycles. The number of rotatable bonds is 2. The summed E-state index contributed by atoms with van der Waals surface area (Å²) in [5, 5.41) is 0. The summed E-state index contributed by atoms with van der Waals surface area (Å²) < 4.78 is 0. The van der Waals surface area contributed by atoms with Gasteiger partial charge >= 0.3 is 0 Å². The topological polar surface area (TPSA) is 40.6 Å². The summed E-state index contributed by atoms with van der Waals surface area (Å²) in [5.74, 6) is -0.433. The normalized spacial score (nSPS) is 14.4. The van der Waals surface area contributed by atoms with Gasteiger partial charge in [-0.15, -0.1) is 0 Å². The van der Waals surface area contributed by atoms with Crippen molar-refractivity contribution in [2.45, 2.75) is 19.9 Å². The molecule has 0 radical (unpaired) electrons. The number of fused-ring (bicyclic) bond motifs is 1. The number of benzene rings is 1. The van der Waals surface area contributed by atoms with Gasteiger partial charge < -0.3 is 9.62 Å². The molecule has 0 aromatic heterocycles. The van der Waals surface area contributed by atoms with E-state index in [-0.39, 0.29) is 17.9 Å². The molecule has 1 aromatic rings. The van der Waals surface area contributed by atoms with Gasteiger partial charge in [-0.2, -0.15) is 0 Å². The Bertz CT molecular complexity index is 502. The van der Waals surface area contributed by atoms with Crippen LogP contribution in [0.2, 0.25) is 0 Å². The molecule has 1 aliphatic heterocycles. The Labute approximate surface area is 102 Å². The number of carbonyl (C=O) groups excluding carboxylic acids is 2. The molecule has 0 saturated heterocycles. The predicted octanol–water partition coefficient (Wildman–Crippen LogP) is -0.406. The molecule has 86 valence electrons. The summed E-state index contributed by atoms with van der Waals surface area (Å²) in [7, 11) is 3.44. The smallest absolute Gasteiger partial charge is 0.250 e. The van der Waals surface area contributed by atoms with Crippen LogP contribution in [0.1, 0.15) is 34.6 Å². The van der Waals surface area contributed by atoms with Crippen LogP contribution >= 0.6 is 0 Å². The van der Waals surface area contributed by atoms with E-state index in [1.807, 2.05) is 38.8 Å². The molecule has 2 amide bonds. The van der Waals surface area contributed by atoms with Crippen molar-refractivity contribution in [2.24, 2.45) is 0 Å². The summed E-state index contributed by atoms with van der Waals surface area (Å²) >= 11 is 0. The largest absolute Gasteiger partial charge is 0.419 e. The van der Waals surface area contributed by atoms with Gasteiger partial charge in [0, 0.05) is 11.7 Å². The van der Waals surface area contributed by atoms with Crippen molar-refractivity contribution < 1.29 is 9.59 Å². The highest BCUT2D eigenvalue weighted by Crippen LogP contribution is 2.30. The van der Waals surface area contributed by atoms with E-state index in [2.05, 4.69) is 0 Å². The lowest BCUT2D eigenvalue weighted by atomic mass is 10.0. The molecule has 1 heterocycles. The van der Waals surface area contributed by atoms with Crippen LogP contribution in [0.5, 0.6) is 0 Å². The number of amides is 2. The predicted molar refractivity (Wildman–Crippen MR) is 71.6 cm³/mol. The SMILES string of the molecule is BN1C(=O)c2cccc(N(B)C(C)C)c2C1=O. The van der Waals surface area contributed by atoms with E-state index in [0.29, 0.717) is 11.1 Å². The number of hydrogen-bond donors (Lipinski definition) is 0. The lowest BCUT2D eigenvalue weighted by Gasteiger charge is -2.26. The van der Waals surface area contributed by atoms with Crippen LogP contribution in [0.15, 0.2) is 18.2 Å². The van der Waals surface area contributed by atoms with Gasteiger partial charge in [-0.3, -0.25) is 9.59 Å². The Balaban J connectivity index is 2.60. The highest BCUT2D eigenvalue weighted by Gasteiger charge is 2.34. The first kappa shape index (κ1) is 11.8. The zero-order valence-corrected chi connectivity index (χ0v) is 10.5. The van der Waals surface area contributed by atoms with Crippen molar-refractivity contribution >= 4 is 33.5 Å². The van der Waals surface area contributed by atoms with Crippen LogP contribution in [0, 0.1) is 0 Å². The quantitative estimate of drug-likeness (QED) is 0.510. The van der Waals surface area contributed by atoms with Crippen molar-refractivity contribution in [1.82, 2.24) is 4.81 Å². The van der Waals surface area contributed by atoms with Crippen molar-refractivity contribution in [2.75, 3.05) is 4.81 Å². The third-order valence-electron chi connectivity index (χ3n) is 3.25. The number of nitrogens with zero attached hydrogens (tertiary/aromatic N) is 2. The molecule has 17 heavy (non-hydrogen) atoms. The first-order valence-corrected chi connectivity index (χ1v) is 5.63. The van der Waals surface area contributed by atoms with E-state index >= 15 is 0 Å². The van der Waals surface area contributed by atoms with Gasteiger partial charge in [0.15, 0.2) is 0 Å². The van der Waals surface area contributed by atoms with Crippen LogP contribution in [0.3, 0.4) is 0 Å². The fourth-order valence-electron chi connectivity index (χ4n) is 1.96. The molecular weight excluding hydrogens is 214 g/mol. The standard InChI is InChI=1S/C11H14B2N2O2/c1-6(2)14(12)8-5-3-4-7-9(8)11(17)15(13)10(7)16/h3-6H,12-13H2,1-2H3. The average Bonchev–Trinajstić information content (AvgIpc) is 2.53. The van der Waals surface area contributed by atoms with Gasteiger partial charge in [-0.1, -0.05) is 6.07 Å². The van der Waals surface area contributed by atoms with E-state index in [1.165, 1.54) is 12.8 Å². The highest BCUT2D eigenvalue weighted by molar-refractivity contribution is 6.38. The second-order valence-corrected chi connectivity index (χ2v) is 4.57. The molecule has 0 fully saturated rings. The minimum absolute atomic E-state index is 0.215. The zero-order chi connectivity index (χ0) is 12.7. The van der Waals surface area contributed by atoms with Crippen LogP contribution in [-0.4, -0.2) is 38.6 Å². The lowest BCUT2D eigenvalue weighted by molar-refractivity contribution is 0.0766. The van der Waals surface area contributed by atoms with Gasteiger partial charge in [0.25, 0.3) is 5.91 Å². The van der Waals surface area contributed by atoms with Crippen LogP contribution in [-0.2, 0) is 0 Å². The fraction of sp³-hybridized carbons (Fsp3) is 0.273. The van der Waals surface area contributed by atoms with Gasteiger partial charge in [0.1, 0.15) is 0 Å². The molecule has 0 atom stereocenters. The van der Waals surface area contributed by atoms with E-state index in [0.717, 1.165) is 5.69 Å². The van der Waals surface area contributed by atoms with Crippen molar-refractivity contribution in [3.63, 3.8) is 0 Å². The van der Waals surface area contributed by atoms with E-state index in [1.54, 1.807) is 6.07 Å². The summed E-state index contributed by atoms with van der Waals surface area (Å²) in [6, 6.07) is 5.67. The maximum atomic E-state index is 12.0. The summed E-state index contributed by atoms with van der Waals surface area (Å²) in [5.41, 5.74) is 1.85. The number of hydrogen-bond acceptors (Lipinski definition) is 3. The van der Waals surface area contributed by atoms with Crippen LogP contribution in [0.25, 0.3) is 0 Å². The molecule has 6 heteroatoms. The minimum atomic E-state index is -0.219. The van der Waals surface area contributed by atoms with E-state index in [4.69, 9.17) is 0 Å². The molecule has 0 N–H and O–H groups in total. The van der Waals surface area contributed by atoms with Gasteiger partial charge in [0.2, 0.25) is 21.9 Å². The molecule has 2 rings (SSSR count). The van der Waals surface area contributed by atoms with Crippen molar-refractivity contribution in [1.29, 1.82) is 0 Å². The maximum Gasteiger partial charge on any atom is 0.250 e. The Hall–Kier alpha value is -1.71. The first-order valence-electron chi connectivity index (χ1n) is 5.63. The molecular formula is C11H14B2N2O2. The average molecular weight is 228 g/mol. The van der Waals surface area contributed by atoms with E-state index in [9.17, 15) is 9.59 Å². The summed E-state index contributed by atoms with van der Waals surface area (Å²) in [4.78, 5) is 27.0. The third-order valence-corrected chi connectivity index (χ3v) is 3.25. The number of anilines is 1. The van der Waals surface area contributed by atoms with E-state index < -0.39 is 0 Å². The summed E-state index contributed by atoms with van der Waals surface area (Å²) in [6.07, 6.45) is 0. The molecule has 1 aliphatic rings. The zero-order valence-electron chi connectivity index (χ0n) is 10.5. The molecule has 0 spiro atoms. The highest BCUT2D eigenvalue weighted by atomic mass is 16.2. The minimum Gasteiger partial charge on any atom is -0.419 e. The third kappa shape index (κ3) is 1.64. The second-order valence-electron chi connectivity index (χ2n) is 4.57. The van der Waals surface area contributed by atoms with Crippen LogP contribution < -0.4 is 4.81 Å². The van der Waals surface area contributed by atoms with Gasteiger partial charge in [0.05, 0.1) is 11.1 Å². The molecule has 0 saturated carbocycles.